The molecule has 1 saturated heterocycles. The highest BCUT2D eigenvalue weighted by Gasteiger charge is 2.19. The van der Waals surface area contributed by atoms with Crippen LogP contribution in [0.3, 0.4) is 0 Å². The topological polar surface area (TPSA) is 33.5 Å². The van der Waals surface area contributed by atoms with Gasteiger partial charge in [0.05, 0.1) is 0 Å². The van der Waals surface area contributed by atoms with Crippen molar-refractivity contribution in [3.63, 3.8) is 0 Å². The number of furan rings is 1. The van der Waals surface area contributed by atoms with Gasteiger partial charge < -0.3 is 9.32 Å². The third-order valence-electron chi connectivity index (χ3n) is 2.77. The van der Waals surface area contributed by atoms with E-state index in [2.05, 4.69) is 10.8 Å². The Bertz CT molecular complexity index is 381. The van der Waals surface area contributed by atoms with E-state index in [1.54, 1.807) is 6.07 Å². The third-order valence-corrected chi connectivity index (χ3v) is 2.77. The second-order valence-corrected chi connectivity index (χ2v) is 3.72. The summed E-state index contributed by atoms with van der Waals surface area (Å²) in [6, 6.07) is 3.52. The SMILES string of the molecule is C#CC1CCN(c2ccc(C=O)o2)CC1. The standard InChI is InChI=1S/C12H13NO2/c1-2-10-5-7-13(8-6-10)12-4-3-11(9-14)15-12/h1,3-4,9-10H,5-8H2. The van der Waals surface area contributed by atoms with Crippen LogP contribution in [0.5, 0.6) is 0 Å². The Balaban J connectivity index is 2.01. The summed E-state index contributed by atoms with van der Waals surface area (Å²) in [4.78, 5) is 12.6. The largest absolute Gasteiger partial charge is 0.438 e. The normalized spacial score (nSPS) is 17.4. The van der Waals surface area contributed by atoms with E-state index in [0.29, 0.717) is 11.7 Å². The van der Waals surface area contributed by atoms with E-state index < -0.39 is 0 Å². The fourth-order valence-corrected chi connectivity index (χ4v) is 1.84. The van der Waals surface area contributed by atoms with Gasteiger partial charge in [-0.1, -0.05) is 0 Å². The summed E-state index contributed by atoms with van der Waals surface area (Å²) in [6.07, 6.45) is 8.08. The van der Waals surface area contributed by atoms with Gasteiger partial charge in [-0.3, -0.25) is 4.79 Å². The van der Waals surface area contributed by atoms with Crippen LogP contribution >= 0.6 is 0 Å². The van der Waals surface area contributed by atoms with Crippen LogP contribution in [0.15, 0.2) is 16.5 Å². The number of carbonyl (C=O) groups excluding carboxylic acids is 1. The zero-order valence-corrected chi connectivity index (χ0v) is 8.48. The van der Waals surface area contributed by atoms with Gasteiger partial charge in [0.15, 0.2) is 17.9 Å². The lowest BCUT2D eigenvalue weighted by atomic mass is 9.98. The molecule has 0 unspecified atom stereocenters. The predicted octanol–water partition coefficient (Wildman–Crippen LogP) is 1.94. The Labute approximate surface area is 89.1 Å². The molecule has 3 nitrogen and oxygen atoms in total. The van der Waals surface area contributed by atoms with E-state index in [9.17, 15) is 4.79 Å². The van der Waals surface area contributed by atoms with Crippen molar-refractivity contribution in [3.8, 4) is 12.3 Å². The van der Waals surface area contributed by atoms with Gasteiger partial charge in [-0.25, -0.2) is 0 Å². The molecule has 0 aliphatic carbocycles. The van der Waals surface area contributed by atoms with Gasteiger partial charge >= 0.3 is 0 Å². The highest BCUT2D eigenvalue weighted by molar-refractivity contribution is 5.71. The maximum Gasteiger partial charge on any atom is 0.196 e. The van der Waals surface area contributed by atoms with Crippen molar-refractivity contribution >= 4 is 12.2 Å². The monoisotopic (exact) mass is 203 g/mol. The van der Waals surface area contributed by atoms with Crippen LogP contribution in [0.2, 0.25) is 0 Å². The summed E-state index contributed by atoms with van der Waals surface area (Å²) >= 11 is 0. The van der Waals surface area contributed by atoms with Crippen molar-refractivity contribution in [2.75, 3.05) is 18.0 Å². The summed E-state index contributed by atoms with van der Waals surface area (Å²) in [5.41, 5.74) is 0. The first-order valence-electron chi connectivity index (χ1n) is 5.09. The summed E-state index contributed by atoms with van der Waals surface area (Å²) in [5.74, 6) is 4.32. The number of nitrogens with zero attached hydrogens (tertiary/aromatic N) is 1. The zero-order valence-electron chi connectivity index (χ0n) is 8.48. The van der Waals surface area contributed by atoms with E-state index in [0.717, 1.165) is 38.1 Å². The average molecular weight is 203 g/mol. The van der Waals surface area contributed by atoms with Crippen molar-refractivity contribution < 1.29 is 9.21 Å². The quantitative estimate of drug-likeness (QED) is 0.544. The number of hydrogen-bond donors (Lipinski definition) is 0. The molecular weight excluding hydrogens is 190 g/mol. The molecule has 1 aliphatic rings. The van der Waals surface area contributed by atoms with Crippen LogP contribution in [0.25, 0.3) is 0 Å². The second-order valence-electron chi connectivity index (χ2n) is 3.72. The fraction of sp³-hybridized carbons (Fsp3) is 0.417. The lowest BCUT2D eigenvalue weighted by Gasteiger charge is -2.29. The van der Waals surface area contributed by atoms with Gasteiger partial charge in [-0.15, -0.1) is 12.3 Å². The predicted molar refractivity (Wildman–Crippen MR) is 57.9 cm³/mol. The molecule has 1 aromatic rings. The van der Waals surface area contributed by atoms with Gasteiger partial charge in [-0.05, 0) is 18.9 Å². The van der Waals surface area contributed by atoms with E-state index >= 15 is 0 Å². The van der Waals surface area contributed by atoms with Crippen LogP contribution in [0.4, 0.5) is 5.88 Å². The van der Waals surface area contributed by atoms with Crippen LogP contribution < -0.4 is 4.90 Å². The van der Waals surface area contributed by atoms with Gasteiger partial charge in [0.1, 0.15) is 0 Å². The summed E-state index contributed by atoms with van der Waals surface area (Å²) in [5, 5.41) is 0. The smallest absolute Gasteiger partial charge is 0.196 e. The molecule has 1 aromatic heterocycles. The van der Waals surface area contributed by atoms with E-state index in [4.69, 9.17) is 10.8 Å². The molecule has 0 saturated carbocycles. The molecule has 0 aromatic carbocycles. The first kappa shape index (κ1) is 9.85. The molecule has 0 bridgehead atoms. The molecule has 0 amide bonds. The maximum absolute atomic E-state index is 10.5. The molecular formula is C12H13NO2. The van der Waals surface area contributed by atoms with Crippen LogP contribution in [0.1, 0.15) is 23.4 Å². The minimum atomic E-state index is 0.379. The highest BCUT2D eigenvalue weighted by atomic mass is 16.4. The van der Waals surface area contributed by atoms with Crippen molar-refractivity contribution in [2.45, 2.75) is 12.8 Å². The Morgan fingerprint density at radius 1 is 1.47 bits per heavy atom. The zero-order chi connectivity index (χ0) is 10.7. The Morgan fingerprint density at radius 2 is 2.20 bits per heavy atom. The molecule has 1 fully saturated rings. The number of anilines is 1. The number of rotatable bonds is 2. The summed E-state index contributed by atoms with van der Waals surface area (Å²) in [7, 11) is 0. The molecule has 78 valence electrons. The van der Waals surface area contributed by atoms with Gasteiger partial charge in [-0.2, -0.15) is 0 Å². The van der Waals surface area contributed by atoms with E-state index in [1.807, 2.05) is 6.07 Å². The average Bonchev–Trinajstić information content (AvgIpc) is 2.78. The first-order valence-corrected chi connectivity index (χ1v) is 5.09. The van der Waals surface area contributed by atoms with Crippen LogP contribution in [0, 0.1) is 18.3 Å². The van der Waals surface area contributed by atoms with E-state index in [-0.39, 0.29) is 0 Å². The number of piperidine rings is 1. The molecule has 2 rings (SSSR count). The molecule has 0 spiro atoms. The third kappa shape index (κ3) is 2.04. The molecule has 0 atom stereocenters. The number of aldehydes is 1. The minimum absolute atomic E-state index is 0.379. The van der Waals surface area contributed by atoms with Gasteiger partial charge in [0.2, 0.25) is 0 Å². The molecule has 2 heterocycles. The maximum atomic E-state index is 10.5. The minimum Gasteiger partial charge on any atom is -0.438 e. The number of hydrogen-bond acceptors (Lipinski definition) is 3. The molecule has 3 heteroatoms. The summed E-state index contributed by atoms with van der Waals surface area (Å²) < 4.78 is 5.35. The fourth-order valence-electron chi connectivity index (χ4n) is 1.84. The van der Waals surface area contributed by atoms with Crippen molar-refractivity contribution in [1.82, 2.24) is 0 Å². The van der Waals surface area contributed by atoms with E-state index in [1.165, 1.54) is 0 Å². The highest BCUT2D eigenvalue weighted by Crippen LogP contribution is 2.24. The van der Waals surface area contributed by atoms with Crippen LogP contribution in [-0.2, 0) is 0 Å². The molecule has 0 N–H and O–H groups in total. The Morgan fingerprint density at radius 3 is 2.73 bits per heavy atom. The lowest BCUT2D eigenvalue weighted by molar-refractivity contribution is 0.110. The van der Waals surface area contributed by atoms with Gasteiger partial charge in [0, 0.05) is 25.1 Å². The van der Waals surface area contributed by atoms with Gasteiger partial charge in [0.25, 0.3) is 0 Å². The first-order chi connectivity index (χ1) is 7.33. The van der Waals surface area contributed by atoms with Crippen molar-refractivity contribution in [3.05, 3.63) is 17.9 Å². The number of terminal acetylenes is 1. The molecule has 1 aliphatic heterocycles. The molecule has 15 heavy (non-hydrogen) atoms. The second kappa shape index (κ2) is 4.22. The summed E-state index contributed by atoms with van der Waals surface area (Å²) in [6.45, 7) is 1.81. The number of carbonyl (C=O) groups is 1. The van der Waals surface area contributed by atoms with Crippen molar-refractivity contribution in [1.29, 1.82) is 0 Å². The molecule has 0 radical (unpaired) electrons. The lowest BCUT2D eigenvalue weighted by Crippen LogP contribution is -2.32. The Kier molecular flexibility index (Phi) is 2.77. The Hall–Kier alpha value is -1.69. The van der Waals surface area contributed by atoms with Crippen LogP contribution in [-0.4, -0.2) is 19.4 Å². The van der Waals surface area contributed by atoms with Crippen molar-refractivity contribution in [2.24, 2.45) is 5.92 Å².